The Hall–Kier alpha value is -0.610. The molecule has 1 unspecified atom stereocenters. The monoisotopic (exact) mass is 267 g/mol. The normalized spacial score (nSPS) is 26.3. The molecule has 1 atom stereocenters. The van der Waals surface area contributed by atoms with E-state index in [9.17, 15) is 4.79 Å². The maximum atomic E-state index is 12.5. The molecule has 0 bridgehead atoms. The van der Waals surface area contributed by atoms with Crippen LogP contribution in [-0.4, -0.2) is 54.0 Å². The van der Waals surface area contributed by atoms with Crippen LogP contribution in [0.3, 0.4) is 0 Å². The number of carbonyl (C=O) groups excluding carboxylic acids is 1. The minimum absolute atomic E-state index is 0.215. The number of amides is 1. The second kappa shape index (κ2) is 6.23. The molecule has 0 radical (unpaired) electrons. The smallest absolute Gasteiger partial charge is 0.242 e. The Balaban J connectivity index is 1.86. The van der Waals surface area contributed by atoms with Gasteiger partial charge in [-0.3, -0.25) is 4.79 Å². The van der Waals surface area contributed by atoms with E-state index in [0.717, 1.165) is 64.8 Å². The molecule has 1 saturated heterocycles. The van der Waals surface area contributed by atoms with E-state index in [0.29, 0.717) is 5.92 Å². The molecule has 110 valence electrons. The molecule has 2 aliphatic rings. The van der Waals surface area contributed by atoms with E-state index in [1.54, 1.807) is 0 Å². The van der Waals surface area contributed by atoms with Crippen molar-refractivity contribution in [1.82, 2.24) is 9.80 Å². The molecule has 0 aromatic carbocycles. The molecule has 2 rings (SSSR count). The lowest BCUT2D eigenvalue weighted by atomic mass is 9.97. The third-order valence-electron chi connectivity index (χ3n) is 4.91. The number of nitrogens with two attached hydrogens (primary N) is 1. The molecule has 2 fully saturated rings. The zero-order valence-corrected chi connectivity index (χ0v) is 12.5. The predicted octanol–water partition coefficient (Wildman–Crippen LogP) is 1.45. The summed E-state index contributed by atoms with van der Waals surface area (Å²) in [5.41, 5.74) is 5.74. The molecule has 2 N–H and O–H groups in total. The first-order valence-electron chi connectivity index (χ1n) is 7.89. The molecule has 19 heavy (non-hydrogen) atoms. The van der Waals surface area contributed by atoms with Crippen LogP contribution in [0.25, 0.3) is 0 Å². The second-order valence-electron chi connectivity index (χ2n) is 6.25. The standard InChI is InChI=1S/C15H29N3O/c1-3-17(4-2)11-13-7-10-18(12-13)14(19)15(16)8-5-6-9-15/h13H,3-12,16H2,1-2H3. The summed E-state index contributed by atoms with van der Waals surface area (Å²) in [5.74, 6) is 0.848. The quantitative estimate of drug-likeness (QED) is 0.820. The van der Waals surface area contributed by atoms with Crippen molar-refractivity contribution >= 4 is 5.91 Å². The number of likely N-dealkylation sites (tertiary alicyclic amines) is 1. The van der Waals surface area contributed by atoms with Gasteiger partial charge in [0.2, 0.25) is 5.91 Å². The number of nitrogens with zero attached hydrogens (tertiary/aromatic N) is 2. The fraction of sp³-hybridized carbons (Fsp3) is 0.933. The van der Waals surface area contributed by atoms with Crippen molar-refractivity contribution in [2.24, 2.45) is 11.7 Å². The summed E-state index contributed by atoms with van der Waals surface area (Å²) in [5, 5.41) is 0. The number of hydrogen-bond acceptors (Lipinski definition) is 3. The molecule has 0 spiro atoms. The van der Waals surface area contributed by atoms with Crippen LogP contribution in [0.2, 0.25) is 0 Å². The Labute approximate surface area is 117 Å². The number of carbonyl (C=O) groups is 1. The molecular formula is C15H29N3O. The lowest BCUT2D eigenvalue weighted by molar-refractivity contribution is -0.135. The Morgan fingerprint density at radius 3 is 2.53 bits per heavy atom. The zero-order chi connectivity index (χ0) is 13.9. The molecule has 1 heterocycles. The number of rotatable bonds is 5. The second-order valence-corrected chi connectivity index (χ2v) is 6.25. The zero-order valence-electron chi connectivity index (χ0n) is 12.5. The highest BCUT2D eigenvalue weighted by atomic mass is 16.2. The maximum Gasteiger partial charge on any atom is 0.242 e. The van der Waals surface area contributed by atoms with Gasteiger partial charge < -0.3 is 15.5 Å². The highest BCUT2D eigenvalue weighted by molar-refractivity contribution is 5.86. The molecule has 4 nitrogen and oxygen atoms in total. The van der Waals surface area contributed by atoms with Crippen LogP contribution in [0.1, 0.15) is 46.0 Å². The molecule has 1 saturated carbocycles. The van der Waals surface area contributed by atoms with Gasteiger partial charge in [0.25, 0.3) is 0 Å². The van der Waals surface area contributed by atoms with E-state index in [4.69, 9.17) is 5.73 Å². The van der Waals surface area contributed by atoms with Crippen LogP contribution < -0.4 is 5.73 Å². The Kier molecular flexibility index (Phi) is 4.85. The minimum atomic E-state index is -0.538. The van der Waals surface area contributed by atoms with Gasteiger partial charge in [0.05, 0.1) is 5.54 Å². The Morgan fingerprint density at radius 1 is 1.32 bits per heavy atom. The molecule has 0 aromatic heterocycles. The first-order chi connectivity index (χ1) is 9.09. The fourth-order valence-electron chi connectivity index (χ4n) is 3.55. The first kappa shape index (κ1) is 14.8. The molecule has 1 aliphatic carbocycles. The molecule has 4 heteroatoms. The van der Waals surface area contributed by atoms with Crippen molar-refractivity contribution in [3.63, 3.8) is 0 Å². The van der Waals surface area contributed by atoms with Gasteiger partial charge in [-0.05, 0) is 38.3 Å². The van der Waals surface area contributed by atoms with E-state index >= 15 is 0 Å². The fourth-order valence-corrected chi connectivity index (χ4v) is 3.55. The minimum Gasteiger partial charge on any atom is -0.341 e. The van der Waals surface area contributed by atoms with Gasteiger partial charge in [-0.2, -0.15) is 0 Å². The SMILES string of the molecule is CCN(CC)CC1CCN(C(=O)C2(N)CCCC2)C1. The van der Waals surface area contributed by atoms with Gasteiger partial charge in [0, 0.05) is 19.6 Å². The molecular weight excluding hydrogens is 238 g/mol. The average molecular weight is 267 g/mol. The van der Waals surface area contributed by atoms with Crippen LogP contribution >= 0.6 is 0 Å². The largest absolute Gasteiger partial charge is 0.341 e. The topological polar surface area (TPSA) is 49.6 Å². The van der Waals surface area contributed by atoms with Crippen molar-refractivity contribution in [2.45, 2.75) is 51.5 Å². The highest BCUT2D eigenvalue weighted by Gasteiger charge is 2.41. The Bertz CT molecular complexity index is 309. The van der Waals surface area contributed by atoms with Gasteiger partial charge in [-0.1, -0.05) is 26.7 Å². The number of hydrogen-bond donors (Lipinski definition) is 1. The van der Waals surface area contributed by atoms with E-state index < -0.39 is 5.54 Å². The van der Waals surface area contributed by atoms with Gasteiger partial charge in [0.1, 0.15) is 0 Å². The summed E-state index contributed by atoms with van der Waals surface area (Å²) in [4.78, 5) is 17.0. The lowest BCUT2D eigenvalue weighted by Gasteiger charge is -2.29. The van der Waals surface area contributed by atoms with Gasteiger partial charge in [-0.25, -0.2) is 0 Å². The van der Waals surface area contributed by atoms with Crippen LogP contribution in [-0.2, 0) is 4.79 Å². The van der Waals surface area contributed by atoms with Gasteiger partial charge >= 0.3 is 0 Å². The first-order valence-corrected chi connectivity index (χ1v) is 7.89. The van der Waals surface area contributed by atoms with Crippen LogP contribution in [0.4, 0.5) is 0 Å². The predicted molar refractivity (Wildman–Crippen MR) is 77.9 cm³/mol. The van der Waals surface area contributed by atoms with Crippen molar-refractivity contribution in [2.75, 3.05) is 32.7 Å². The van der Waals surface area contributed by atoms with Crippen molar-refractivity contribution < 1.29 is 4.79 Å². The molecule has 1 amide bonds. The van der Waals surface area contributed by atoms with E-state index in [2.05, 4.69) is 18.7 Å². The summed E-state index contributed by atoms with van der Waals surface area (Å²) >= 11 is 0. The average Bonchev–Trinajstić information content (AvgIpc) is 3.05. The summed E-state index contributed by atoms with van der Waals surface area (Å²) in [6, 6.07) is 0. The summed E-state index contributed by atoms with van der Waals surface area (Å²) < 4.78 is 0. The molecule has 1 aliphatic heterocycles. The third-order valence-corrected chi connectivity index (χ3v) is 4.91. The lowest BCUT2D eigenvalue weighted by Crippen LogP contribution is -2.53. The maximum absolute atomic E-state index is 12.5. The Morgan fingerprint density at radius 2 is 1.95 bits per heavy atom. The highest BCUT2D eigenvalue weighted by Crippen LogP contribution is 2.31. The van der Waals surface area contributed by atoms with Crippen molar-refractivity contribution in [1.29, 1.82) is 0 Å². The summed E-state index contributed by atoms with van der Waals surface area (Å²) in [6.45, 7) is 9.54. The van der Waals surface area contributed by atoms with Crippen molar-refractivity contribution in [3.05, 3.63) is 0 Å². The summed E-state index contributed by atoms with van der Waals surface area (Å²) in [7, 11) is 0. The van der Waals surface area contributed by atoms with Gasteiger partial charge in [0.15, 0.2) is 0 Å². The summed E-state index contributed by atoms with van der Waals surface area (Å²) in [6.07, 6.45) is 5.11. The van der Waals surface area contributed by atoms with E-state index in [-0.39, 0.29) is 5.91 Å². The van der Waals surface area contributed by atoms with E-state index in [1.165, 1.54) is 0 Å². The van der Waals surface area contributed by atoms with Crippen LogP contribution in [0.5, 0.6) is 0 Å². The van der Waals surface area contributed by atoms with Crippen LogP contribution in [0, 0.1) is 5.92 Å². The molecule has 0 aromatic rings. The third kappa shape index (κ3) is 3.29. The van der Waals surface area contributed by atoms with Crippen molar-refractivity contribution in [3.8, 4) is 0 Å². The van der Waals surface area contributed by atoms with E-state index in [1.807, 2.05) is 4.90 Å². The van der Waals surface area contributed by atoms with Crippen LogP contribution in [0.15, 0.2) is 0 Å². The van der Waals surface area contributed by atoms with Gasteiger partial charge in [-0.15, -0.1) is 0 Å².